The van der Waals surface area contributed by atoms with Gasteiger partial charge in [0.2, 0.25) is 5.91 Å². The number of nitrogens with one attached hydrogen (secondary N) is 1. The molecule has 1 unspecified atom stereocenters. The van der Waals surface area contributed by atoms with Crippen LogP contribution in [0.3, 0.4) is 0 Å². The lowest BCUT2D eigenvalue weighted by molar-refractivity contribution is -0.118. The van der Waals surface area contributed by atoms with Gasteiger partial charge < -0.3 is 5.32 Å². The number of amides is 1. The van der Waals surface area contributed by atoms with Crippen LogP contribution in [0.4, 0.5) is 0 Å². The fourth-order valence-corrected chi connectivity index (χ4v) is 2.40. The summed E-state index contributed by atoms with van der Waals surface area (Å²) in [4.78, 5) is 12.8. The molecule has 0 spiro atoms. The molecule has 0 saturated carbocycles. The summed E-state index contributed by atoms with van der Waals surface area (Å²) in [7, 11) is 0. The molecule has 0 bridgehead atoms. The Bertz CT molecular complexity index is 397. The minimum Gasteiger partial charge on any atom is -0.345 e. The topological polar surface area (TPSA) is 29.1 Å². The Morgan fingerprint density at radius 3 is 2.81 bits per heavy atom. The Morgan fingerprint density at radius 1 is 1.62 bits per heavy atom. The molecule has 0 radical (unpaired) electrons. The molecule has 0 saturated heterocycles. The number of thiophene rings is 1. The van der Waals surface area contributed by atoms with Crippen molar-refractivity contribution in [1.82, 2.24) is 5.32 Å². The van der Waals surface area contributed by atoms with Crippen molar-refractivity contribution in [3.8, 4) is 0 Å². The lowest BCUT2D eigenvalue weighted by Gasteiger charge is -2.12. The molecule has 0 aliphatic rings. The molecule has 2 nitrogen and oxygen atoms in total. The van der Waals surface area contributed by atoms with Crippen molar-refractivity contribution in [3.63, 3.8) is 0 Å². The van der Waals surface area contributed by atoms with Gasteiger partial charge in [-0.2, -0.15) is 0 Å². The molecule has 0 aliphatic heterocycles. The van der Waals surface area contributed by atoms with Crippen LogP contribution < -0.4 is 5.32 Å². The van der Waals surface area contributed by atoms with Crippen molar-refractivity contribution < 1.29 is 4.79 Å². The maximum atomic E-state index is 11.7. The smallest absolute Gasteiger partial charge is 0.247 e. The molecule has 4 heteroatoms. The van der Waals surface area contributed by atoms with Crippen LogP contribution in [0.5, 0.6) is 0 Å². The third kappa shape index (κ3) is 3.65. The van der Waals surface area contributed by atoms with E-state index in [0.29, 0.717) is 0 Å². The molecule has 1 amide bonds. The summed E-state index contributed by atoms with van der Waals surface area (Å²) in [5.41, 5.74) is 0.761. The third-order valence-electron chi connectivity index (χ3n) is 2.24. The predicted octanol–water partition coefficient (Wildman–Crippen LogP) is 3.94. The second kappa shape index (κ2) is 6.06. The van der Waals surface area contributed by atoms with Crippen LogP contribution in [0, 0.1) is 0 Å². The first kappa shape index (κ1) is 13.3. The average Bonchev–Trinajstić information content (AvgIpc) is 2.65. The van der Waals surface area contributed by atoms with E-state index in [9.17, 15) is 4.79 Å². The maximum Gasteiger partial charge on any atom is 0.247 e. The first-order valence-corrected chi connectivity index (χ1v) is 6.47. The van der Waals surface area contributed by atoms with Gasteiger partial charge in [-0.1, -0.05) is 24.6 Å². The Labute approximate surface area is 105 Å². The van der Waals surface area contributed by atoms with Crippen LogP contribution in [0.2, 0.25) is 4.34 Å². The highest BCUT2D eigenvalue weighted by Crippen LogP contribution is 2.26. The Kier molecular flexibility index (Phi) is 5.03. The third-order valence-corrected chi connectivity index (χ3v) is 3.65. The summed E-state index contributed by atoms with van der Waals surface area (Å²) in [6, 6.07) is 3.79. The van der Waals surface area contributed by atoms with Crippen molar-refractivity contribution in [3.05, 3.63) is 33.0 Å². The highest BCUT2D eigenvalue weighted by molar-refractivity contribution is 7.16. The van der Waals surface area contributed by atoms with E-state index in [1.165, 1.54) is 11.3 Å². The summed E-state index contributed by atoms with van der Waals surface area (Å²) in [5.74, 6) is -0.0149. The van der Waals surface area contributed by atoms with Gasteiger partial charge in [0.1, 0.15) is 0 Å². The Hall–Kier alpha value is -0.800. The molecule has 1 N–H and O–H groups in total. The van der Waals surface area contributed by atoms with Crippen LogP contribution in [0.15, 0.2) is 23.8 Å². The van der Waals surface area contributed by atoms with Crippen LogP contribution >= 0.6 is 22.9 Å². The summed E-state index contributed by atoms with van der Waals surface area (Å²) >= 11 is 7.34. The molecule has 16 heavy (non-hydrogen) atoms. The lowest BCUT2D eigenvalue weighted by atomic mass is 10.2. The summed E-state index contributed by atoms with van der Waals surface area (Å²) in [6.45, 7) is 5.80. The molecule has 1 aromatic heterocycles. The quantitative estimate of drug-likeness (QED) is 0.814. The SMILES string of the molecule is CC/C=C(\C)C(=O)NC(C)c1ccc(Cl)s1. The number of carbonyl (C=O) groups excluding carboxylic acids is 1. The second-order valence-corrected chi connectivity index (χ2v) is 5.38. The molecule has 1 aromatic rings. The van der Waals surface area contributed by atoms with E-state index >= 15 is 0 Å². The summed E-state index contributed by atoms with van der Waals surface area (Å²) < 4.78 is 0.747. The number of halogens is 1. The molecule has 88 valence electrons. The van der Waals surface area contributed by atoms with E-state index in [1.54, 1.807) is 0 Å². The van der Waals surface area contributed by atoms with E-state index < -0.39 is 0 Å². The van der Waals surface area contributed by atoms with E-state index in [2.05, 4.69) is 5.32 Å². The van der Waals surface area contributed by atoms with Crippen molar-refractivity contribution >= 4 is 28.8 Å². The molecule has 0 fully saturated rings. The van der Waals surface area contributed by atoms with Crippen molar-refractivity contribution in [2.24, 2.45) is 0 Å². The second-order valence-electron chi connectivity index (χ2n) is 3.63. The van der Waals surface area contributed by atoms with Crippen LogP contribution in [-0.4, -0.2) is 5.91 Å². The van der Waals surface area contributed by atoms with Gasteiger partial charge in [0, 0.05) is 10.5 Å². The molecule has 1 atom stereocenters. The predicted molar refractivity (Wildman–Crippen MR) is 69.9 cm³/mol. The monoisotopic (exact) mass is 257 g/mol. The lowest BCUT2D eigenvalue weighted by Crippen LogP contribution is -2.26. The minimum atomic E-state index is -0.0149. The van der Waals surface area contributed by atoms with Gasteiger partial charge in [0.25, 0.3) is 0 Å². The fourth-order valence-electron chi connectivity index (χ4n) is 1.34. The first-order valence-electron chi connectivity index (χ1n) is 5.27. The fraction of sp³-hybridized carbons (Fsp3) is 0.417. The van der Waals surface area contributed by atoms with Gasteiger partial charge >= 0.3 is 0 Å². The molecule has 1 heterocycles. The Balaban J connectivity index is 2.61. The van der Waals surface area contributed by atoms with Gasteiger partial charge in [-0.3, -0.25) is 4.79 Å². The van der Waals surface area contributed by atoms with Gasteiger partial charge in [-0.15, -0.1) is 11.3 Å². The van der Waals surface area contributed by atoms with E-state index in [1.807, 2.05) is 39.0 Å². The zero-order chi connectivity index (χ0) is 12.1. The van der Waals surface area contributed by atoms with Crippen LogP contribution in [0.1, 0.15) is 38.1 Å². The summed E-state index contributed by atoms with van der Waals surface area (Å²) in [5, 5.41) is 2.94. The van der Waals surface area contributed by atoms with Crippen molar-refractivity contribution in [1.29, 1.82) is 0 Å². The number of rotatable bonds is 4. The molecular formula is C12H16ClNOS. The Morgan fingerprint density at radius 2 is 2.31 bits per heavy atom. The standard InChI is InChI=1S/C12H16ClNOS/c1-4-5-8(2)12(15)14-9(3)10-6-7-11(13)16-10/h5-7,9H,4H2,1-3H3,(H,14,15)/b8-5+. The van der Waals surface area contributed by atoms with E-state index in [4.69, 9.17) is 11.6 Å². The summed E-state index contributed by atoms with van der Waals surface area (Å²) in [6.07, 6.45) is 2.79. The largest absolute Gasteiger partial charge is 0.345 e. The first-order chi connectivity index (χ1) is 7.54. The number of allylic oxidation sites excluding steroid dienone is 1. The zero-order valence-corrected chi connectivity index (χ0v) is 11.3. The number of hydrogen-bond donors (Lipinski definition) is 1. The highest BCUT2D eigenvalue weighted by Gasteiger charge is 2.12. The van der Waals surface area contributed by atoms with Crippen LogP contribution in [0.25, 0.3) is 0 Å². The van der Waals surface area contributed by atoms with E-state index in [0.717, 1.165) is 21.2 Å². The molecule has 0 aliphatic carbocycles. The average molecular weight is 258 g/mol. The normalized spacial score (nSPS) is 13.6. The highest BCUT2D eigenvalue weighted by atomic mass is 35.5. The maximum absolute atomic E-state index is 11.7. The van der Waals surface area contributed by atoms with Crippen molar-refractivity contribution in [2.75, 3.05) is 0 Å². The number of carbonyl (C=O) groups is 1. The minimum absolute atomic E-state index is 0.00482. The van der Waals surface area contributed by atoms with Gasteiger partial charge in [-0.25, -0.2) is 0 Å². The van der Waals surface area contributed by atoms with Crippen molar-refractivity contribution in [2.45, 2.75) is 33.2 Å². The molecule has 0 aromatic carbocycles. The van der Waals surface area contributed by atoms with Gasteiger partial charge in [0.15, 0.2) is 0 Å². The molecular weight excluding hydrogens is 242 g/mol. The van der Waals surface area contributed by atoms with Gasteiger partial charge in [0.05, 0.1) is 10.4 Å². The zero-order valence-electron chi connectivity index (χ0n) is 9.71. The number of hydrogen-bond acceptors (Lipinski definition) is 2. The van der Waals surface area contributed by atoms with E-state index in [-0.39, 0.29) is 11.9 Å². The van der Waals surface area contributed by atoms with Gasteiger partial charge in [-0.05, 0) is 32.4 Å². The molecule has 1 rings (SSSR count). The van der Waals surface area contributed by atoms with Crippen LogP contribution in [-0.2, 0) is 4.79 Å².